The first-order valence-electron chi connectivity index (χ1n) is 5.27. The van der Waals surface area contributed by atoms with E-state index in [1.54, 1.807) is 0 Å². The maximum atomic E-state index is 6.11. The Hall–Kier alpha value is -0.580. The van der Waals surface area contributed by atoms with Gasteiger partial charge in [-0.3, -0.25) is 4.57 Å². The van der Waals surface area contributed by atoms with Gasteiger partial charge in [0.2, 0.25) is 0 Å². The number of imidazole rings is 1. The van der Waals surface area contributed by atoms with Gasteiger partial charge in [-0.2, -0.15) is 0 Å². The van der Waals surface area contributed by atoms with E-state index in [9.17, 15) is 0 Å². The number of benzene rings is 1. The quantitative estimate of drug-likeness (QED) is 0.762. The molecule has 0 saturated carbocycles. The number of hydrogen-bond acceptors (Lipinski definition) is 1. The van der Waals surface area contributed by atoms with Crippen LogP contribution in [0.2, 0.25) is 5.02 Å². The van der Waals surface area contributed by atoms with Crippen molar-refractivity contribution in [3.8, 4) is 5.69 Å². The van der Waals surface area contributed by atoms with Gasteiger partial charge in [0, 0.05) is 11.9 Å². The van der Waals surface area contributed by atoms with Crippen molar-refractivity contribution in [2.75, 3.05) is 0 Å². The molecule has 1 heterocycles. The minimum Gasteiger partial charge on any atom is -0.337 e. The number of hydrogen-bond donors (Lipinski definition) is 1. The average molecular weight is 332 g/mol. The van der Waals surface area contributed by atoms with Gasteiger partial charge in [-0.1, -0.05) is 31.5 Å². The summed E-state index contributed by atoms with van der Waals surface area (Å²) in [6.45, 7) is 4.26. The van der Waals surface area contributed by atoms with Crippen LogP contribution in [-0.2, 0) is 0 Å². The number of aromatic amines is 1. The Morgan fingerprint density at radius 3 is 2.76 bits per heavy atom. The summed E-state index contributed by atoms with van der Waals surface area (Å²) >= 11 is 14.9. The molecule has 0 saturated heterocycles. The first-order valence-corrected chi connectivity index (χ1v) is 6.85. The zero-order chi connectivity index (χ0) is 12.6. The molecule has 0 bridgehead atoms. The number of nitrogens with zero attached hydrogens (tertiary/aromatic N) is 1. The minimum atomic E-state index is 0.383. The lowest BCUT2D eigenvalue weighted by Crippen LogP contribution is -2.02. The maximum absolute atomic E-state index is 6.11. The van der Waals surface area contributed by atoms with Crippen molar-refractivity contribution in [2.45, 2.75) is 19.8 Å². The van der Waals surface area contributed by atoms with Gasteiger partial charge in [0.25, 0.3) is 0 Å². The summed E-state index contributed by atoms with van der Waals surface area (Å²) in [5, 5.41) is 0.681. The van der Waals surface area contributed by atoms with E-state index >= 15 is 0 Å². The molecule has 0 atom stereocenters. The van der Waals surface area contributed by atoms with Crippen molar-refractivity contribution >= 4 is 39.7 Å². The molecule has 90 valence electrons. The molecule has 0 aliphatic carbocycles. The topological polar surface area (TPSA) is 20.7 Å². The Balaban J connectivity index is 2.72. The normalized spacial score (nSPS) is 11.1. The van der Waals surface area contributed by atoms with Crippen LogP contribution >= 0.6 is 39.7 Å². The highest BCUT2D eigenvalue weighted by Crippen LogP contribution is 2.31. The fourth-order valence-corrected chi connectivity index (χ4v) is 2.59. The molecule has 2 aromatic rings. The van der Waals surface area contributed by atoms with Crippen LogP contribution in [0.25, 0.3) is 5.69 Å². The zero-order valence-electron chi connectivity index (χ0n) is 9.50. The van der Waals surface area contributed by atoms with Crippen LogP contribution in [0.5, 0.6) is 0 Å². The van der Waals surface area contributed by atoms with E-state index in [2.05, 4.69) is 34.8 Å². The van der Waals surface area contributed by atoms with Crippen molar-refractivity contribution < 1.29 is 0 Å². The molecule has 5 heteroatoms. The molecule has 2 rings (SSSR count). The fraction of sp³-hybridized carbons (Fsp3) is 0.250. The summed E-state index contributed by atoms with van der Waals surface area (Å²) in [5.41, 5.74) is 2.10. The molecule has 0 fully saturated rings. The van der Waals surface area contributed by atoms with Crippen LogP contribution in [0.4, 0.5) is 0 Å². The van der Waals surface area contributed by atoms with E-state index < -0.39 is 0 Å². The van der Waals surface area contributed by atoms with Crippen LogP contribution in [0.3, 0.4) is 0 Å². The molecule has 2 nitrogen and oxygen atoms in total. The third-order valence-corrected chi connectivity index (χ3v) is 4.25. The van der Waals surface area contributed by atoms with Crippen molar-refractivity contribution in [3.63, 3.8) is 0 Å². The summed E-state index contributed by atoms with van der Waals surface area (Å²) in [7, 11) is 0. The van der Waals surface area contributed by atoms with Gasteiger partial charge in [-0.15, -0.1) is 0 Å². The summed E-state index contributed by atoms with van der Waals surface area (Å²) in [5.74, 6) is 0.383. The van der Waals surface area contributed by atoms with Crippen molar-refractivity contribution in [1.29, 1.82) is 0 Å². The highest BCUT2D eigenvalue weighted by atomic mass is 79.9. The molecule has 1 aromatic carbocycles. The Kier molecular flexibility index (Phi) is 3.76. The highest BCUT2D eigenvalue weighted by Gasteiger charge is 2.13. The van der Waals surface area contributed by atoms with E-state index in [1.165, 1.54) is 0 Å². The number of aromatic nitrogens is 2. The van der Waals surface area contributed by atoms with Gasteiger partial charge in [0.1, 0.15) is 0 Å². The Labute approximate surface area is 119 Å². The highest BCUT2D eigenvalue weighted by molar-refractivity contribution is 9.10. The second-order valence-electron chi connectivity index (χ2n) is 4.08. The van der Waals surface area contributed by atoms with E-state index in [0.717, 1.165) is 15.9 Å². The molecule has 0 radical (unpaired) electrons. The van der Waals surface area contributed by atoms with E-state index in [4.69, 9.17) is 23.8 Å². The monoisotopic (exact) mass is 330 g/mol. The van der Waals surface area contributed by atoms with Gasteiger partial charge >= 0.3 is 0 Å². The van der Waals surface area contributed by atoms with Crippen LogP contribution in [0, 0.1) is 4.77 Å². The molecular formula is C12H12BrClN2S. The molecule has 0 aliphatic rings. The second-order valence-corrected chi connectivity index (χ2v) is 5.67. The molecule has 1 aromatic heterocycles. The van der Waals surface area contributed by atoms with Crippen LogP contribution in [0.1, 0.15) is 25.5 Å². The molecule has 1 N–H and O–H groups in total. The van der Waals surface area contributed by atoms with E-state index in [0.29, 0.717) is 15.7 Å². The van der Waals surface area contributed by atoms with E-state index in [-0.39, 0.29) is 0 Å². The summed E-state index contributed by atoms with van der Waals surface area (Å²) in [4.78, 5) is 3.08. The third-order valence-electron chi connectivity index (χ3n) is 2.57. The lowest BCUT2D eigenvalue weighted by atomic mass is 10.1. The smallest absolute Gasteiger partial charge is 0.182 e. The van der Waals surface area contributed by atoms with Crippen LogP contribution < -0.4 is 0 Å². The number of nitrogens with one attached hydrogen (secondary N) is 1. The fourth-order valence-electron chi connectivity index (χ4n) is 1.72. The summed E-state index contributed by atoms with van der Waals surface area (Å²) < 4.78 is 3.55. The van der Waals surface area contributed by atoms with Gasteiger partial charge in [0.15, 0.2) is 4.77 Å². The van der Waals surface area contributed by atoms with Crippen LogP contribution in [-0.4, -0.2) is 9.55 Å². The van der Waals surface area contributed by atoms with E-state index in [1.807, 2.05) is 29.0 Å². The SMILES string of the molecule is CC(C)c1c[nH]c(=S)n1-c1cccc(Cl)c1Br. The molecule has 0 spiro atoms. The maximum Gasteiger partial charge on any atom is 0.182 e. The first-order chi connectivity index (χ1) is 8.02. The Morgan fingerprint density at radius 2 is 2.12 bits per heavy atom. The molecule has 0 aliphatic heterocycles. The van der Waals surface area contributed by atoms with Gasteiger partial charge < -0.3 is 4.98 Å². The summed E-state index contributed by atoms with van der Waals surface area (Å²) in [6.07, 6.45) is 1.94. The van der Waals surface area contributed by atoms with Gasteiger partial charge in [-0.05, 0) is 46.2 Å². The molecule has 0 amide bonds. The predicted octanol–water partition coefficient (Wildman–Crippen LogP) is 5.07. The van der Waals surface area contributed by atoms with Gasteiger partial charge in [0.05, 0.1) is 15.2 Å². The molecule has 17 heavy (non-hydrogen) atoms. The zero-order valence-corrected chi connectivity index (χ0v) is 12.7. The van der Waals surface area contributed by atoms with Crippen molar-refractivity contribution in [3.05, 3.63) is 44.4 Å². The third kappa shape index (κ3) is 2.34. The number of H-pyrrole nitrogens is 1. The standard InChI is InChI=1S/C12H12BrClN2S/c1-7(2)10-6-15-12(17)16(10)9-5-3-4-8(14)11(9)13/h3-7H,1-2H3,(H,15,17). The minimum absolute atomic E-state index is 0.383. The largest absolute Gasteiger partial charge is 0.337 e. The van der Waals surface area contributed by atoms with Gasteiger partial charge in [-0.25, -0.2) is 0 Å². The average Bonchev–Trinajstić information content (AvgIpc) is 2.65. The predicted molar refractivity (Wildman–Crippen MR) is 77.8 cm³/mol. The lowest BCUT2D eigenvalue weighted by Gasteiger charge is -2.13. The van der Waals surface area contributed by atoms with Crippen LogP contribution in [0.15, 0.2) is 28.9 Å². The number of halogens is 2. The van der Waals surface area contributed by atoms with Crippen molar-refractivity contribution in [1.82, 2.24) is 9.55 Å². The lowest BCUT2D eigenvalue weighted by molar-refractivity contribution is 0.782. The first kappa shape index (κ1) is 12.9. The Bertz CT molecular complexity index is 601. The molecule has 0 unspecified atom stereocenters. The summed E-state index contributed by atoms with van der Waals surface area (Å²) in [6, 6.07) is 5.76. The second kappa shape index (κ2) is 4.96. The molecular weight excluding hydrogens is 320 g/mol. The Morgan fingerprint density at radius 1 is 1.41 bits per heavy atom. The number of rotatable bonds is 2. The van der Waals surface area contributed by atoms with Crippen molar-refractivity contribution in [2.24, 2.45) is 0 Å².